The van der Waals surface area contributed by atoms with Gasteiger partial charge in [-0.25, -0.2) is 4.21 Å². The van der Waals surface area contributed by atoms with Crippen LogP contribution in [0.1, 0.15) is 0 Å². The first-order valence-electron chi connectivity index (χ1n) is 0.940. The lowest BCUT2D eigenvalue weighted by molar-refractivity contribution is 0.461. The Morgan fingerprint density at radius 1 is 1.67 bits per heavy atom. The summed E-state index contributed by atoms with van der Waals surface area (Å²) in [6.07, 6.45) is 0. The van der Waals surface area contributed by atoms with Crippen LogP contribution < -0.4 is 0 Å². The molecular formula is CH4O3S2. The van der Waals surface area contributed by atoms with E-state index in [2.05, 4.69) is 16.7 Å². The second-order valence-corrected chi connectivity index (χ2v) is 0.771. The first kappa shape index (κ1) is 9.46. The molecule has 0 aliphatic heterocycles. The highest BCUT2D eigenvalue weighted by Crippen LogP contribution is 1.42. The van der Waals surface area contributed by atoms with Crippen LogP contribution in [0.2, 0.25) is 0 Å². The van der Waals surface area contributed by atoms with Crippen LogP contribution in [0.25, 0.3) is 0 Å². The fourth-order valence-electron chi connectivity index (χ4n) is 0. The van der Waals surface area contributed by atoms with Gasteiger partial charge in [0.2, 0.25) is 0 Å². The molecule has 0 heterocycles. The minimum absolute atomic E-state index is 0.252. The van der Waals surface area contributed by atoms with E-state index in [9.17, 15) is 0 Å². The predicted octanol–water partition coefficient (Wildman–Crippen LogP) is -0.843. The van der Waals surface area contributed by atoms with E-state index in [4.69, 9.17) is 8.42 Å². The van der Waals surface area contributed by atoms with E-state index in [1.807, 2.05) is 0 Å². The fraction of sp³-hybridized carbons (Fsp3) is 1.00. The highest BCUT2D eigenvalue weighted by molar-refractivity contribution is 7.60. The van der Waals surface area contributed by atoms with E-state index in [0.717, 1.165) is 0 Å². The minimum atomic E-state index is -0.252. The lowest BCUT2D eigenvalue weighted by Gasteiger charge is -1.61. The molecule has 0 rings (SSSR count). The van der Waals surface area contributed by atoms with Crippen LogP contribution in [0.5, 0.6) is 0 Å². The van der Waals surface area contributed by atoms with Gasteiger partial charge in [0.15, 0.2) is 12.5 Å². The Bertz CT molecular complexity index is 30.0. The van der Waals surface area contributed by atoms with Crippen molar-refractivity contribution in [2.24, 2.45) is 0 Å². The molecule has 0 amide bonds. The zero-order chi connectivity index (χ0) is 5.41. The monoisotopic (exact) mass is 128 g/mol. The van der Waals surface area contributed by atoms with Crippen LogP contribution in [-0.4, -0.2) is 15.5 Å². The van der Waals surface area contributed by atoms with Gasteiger partial charge in [-0.05, 0) is 0 Å². The van der Waals surface area contributed by atoms with Crippen LogP contribution in [0, 0.1) is 0 Å². The van der Waals surface area contributed by atoms with Gasteiger partial charge >= 0.3 is 0 Å². The molecule has 0 aromatic heterocycles. The van der Waals surface area contributed by atoms with Crippen molar-refractivity contribution < 1.29 is 12.6 Å². The van der Waals surface area contributed by atoms with Gasteiger partial charge < -0.3 is 0 Å². The molecule has 38 valence electrons. The topological polar surface area (TPSA) is 43.4 Å². The van der Waals surface area contributed by atoms with Crippen molar-refractivity contribution in [1.82, 2.24) is 0 Å². The van der Waals surface area contributed by atoms with Crippen LogP contribution in [0.15, 0.2) is 0 Å². The van der Waals surface area contributed by atoms with Crippen molar-refractivity contribution in [3.8, 4) is 0 Å². The number of rotatable bonds is 1. The maximum absolute atomic E-state index is 9.05. The standard InChI is InChI=1S/CH4O2S.OS/c1-3-4-2;1-2/h4H,1H3;. The van der Waals surface area contributed by atoms with Gasteiger partial charge in [0.1, 0.15) is 11.9 Å². The summed E-state index contributed by atoms with van der Waals surface area (Å²) in [5.74, 6) is 0. The lowest BCUT2D eigenvalue weighted by atomic mass is 11.8. The molecule has 0 aromatic carbocycles. The zero-order valence-corrected chi connectivity index (χ0v) is 4.79. The summed E-state index contributed by atoms with van der Waals surface area (Å²) in [5.41, 5.74) is 0. The molecule has 0 N–H and O–H groups in total. The molecule has 0 bridgehead atoms. The van der Waals surface area contributed by atoms with Crippen molar-refractivity contribution >= 4 is 24.5 Å². The molecule has 0 saturated heterocycles. The van der Waals surface area contributed by atoms with E-state index in [1.165, 1.54) is 7.11 Å². The van der Waals surface area contributed by atoms with Crippen molar-refractivity contribution in [1.29, 1.82) is 0 Å². The summed E-state index contributed by atoms with van der Waals surface area (Å²) < 4.78 is 20.8. The predicted molar refractivity (Wildman–Crippen MR) is 24.7 cm³/mol. The molecule has 0 fully saturated rings. The molecule has 0 aromatic rings. The summed E-state index contributed by atoms with van der Waals surface area (Å²) in [5, 5.41) is 0. The molecule has 0 spiro atoms. The van der Waals surface area contributed by atoms with E-state index in [0.29, 0.717) is 0 Å². The smallest absolute Gasteiger partial charge is 0.197 e. The third-order valence-corrected chi connectivity index (χ3v) is 0.224. The first-order valence-corrected chi connectivity index (χ1v) is 2.00. The molecule has 0 unspecified atom stereocenters. The Kier molecular flexibility index (Phi) is 30.4. The number of thiol groups is 1. The lowest BCUT2D eigenvalue weighted by Crippen LogP contribution is -1.61. The van der Waals surface area contributed by atoms with Gasteiger partial charge in [-0.3, -0.25) is 4.18 Å². The van der Waals surface area contributed by atoms with E-state index in [-0.39, 0.29) is 11.9 Å². The van der Waals surface area contributed by atoms with Gasteiger partial charge in [0.05, 0.1) is 7.11 Å². The van der Waals surface area contributed by atoms with Crippen LogP contribution in [-0.2, 0) is 28.7 Å². The Morgan fingerprint density at radius 3 is 1.83 bits per heavy atom. The first-order chi connectivity index (χ1) is 2.91. The van der Waals surface area contributed by atoms with Crippen molar-refractivity contribution in [2.75, 3.05) is 7.11 Å². The summed E-state index contributed by atoms with van der Waals surface area (Å²) in [6, 6.07) is 0. The normalized spacial score (nSPS) is 5.50. The quantitative estimate of drug-likeness (QED) is 0.467. The third kappa shape index (κ3) is 31.7. The van der Waals surface area contributed by atoms with E-state index in [1.54, 1.807) is 0 Å². The van der Waals surface area contributed by atoms with Crippen LogP contribution in [0.4, 0.5) is 0 Å². The van der Waals surface area contributed by atoms with Gasteiger partial charge in [-0.2, -0.15) is 4.21 Å². The molecule has 0 saturated carbocycles. The Labute approximate surface area is 44.9 Å². The maximum Gasteiger partial charge on any atom is 0.197 e. The van der Waals surface area contributed by atoms with Gasteiger partial charge in [-0.1, -0.05) is 0 Å². The summed E-state index contributed by atoms with van der Waals surface area (Å²) in [7, 11) is 1.36. The van der Waals surface area contributed by atoms with E-state index < -0.39 is 0 Å². The second-order valence-electron chi connectivity index (χ2n) is 0.257. The SMILES string of the molecule is CO[SH]=O.O=S. The molecule has 0 radical (unpaired) electrons. The Balaban J connectivity index is 0. The summed E-state index contributed by atoms with van der Waals surface area (Å²) in [6.45, 7) is 0. The Hall–Kier alpha value is 0.130. The van der Waals surface area contributed by atoms with Crippen LogP contribution in [0.3, 0.4) is 0 Å². The van der Waals surface area contributed by atoms with E-state index >= 15 is 0 Å². The van der Waals surface area contributed by atoms with Crippen LogP contribution >= 0.6 is 0 Å². The molecule has 0 aliphatic carbocycles. The van der Waals surface area contributed by atoms with Crippen molar-refractivity contribution in [3.05, 3.63) is 0 Å². The second kappa shape index (κ2) is 19.3. The minimum Gasteiger partial charge on any atom is -0.296 e. The zero-order valence-electron chi connectivity index (χ0n) is 3.08. The summed E-state index contributed by atoms with van der Waals surface area (Å²) >= 11 is 2.58. The molecular weight excluding hydrogens is 124 g/mol. The fourth-order valence-corrected chi connectivity index (χ4v) is 0. The van der Waals surface area contributed by atoms with Crippen molar-refractivity contribution in [2.45, 2.75) is 0 Å². The largest absolute Gasteiger partial charge is 0.296 e. The molecule has 0 atom stereocenters. The van der Waals surface area contributed by atoms with Gasteiger partial charge in [0, 0.05) is 0 Å². The van der Waals surface area contributed by atoms with Gasteiger partial charge in [-0.15, -0.1) is 0 Å². The van der Waals surface area contributed by atoms with Gasteiger partial charge in [0.25, 0.3) is 0 Å². The third-order valence-electron chi connectivity index (χ3n) is 0.0745. The highest BCUT2D eigenvalue weighted by Gasteiger charge is 1.44. The molecule has 0 aliphatic rings. The highest BCUT2D eigenvalue weighted by atomic mass is 32.2. The summed E-state index contributed by atoms with van der Waals surface area (Å²) in [4.78, 5) is 0. The average Bonchev–Trinajstić information content (AvgIpc) is 1.72. The number of hydrogen-bond acceptors (Lipinski definition) is 4. The maximum atomic E-state index is 9.05. The van der Waals surface area contributed by atoms with Crippen molar-refractivity contribution in [3.63, 3.8) is 0 Å². The number of hydrogen-bond donors (Lipinski definition) is 1. The molecule has 6 heavy (non-hydrogen) atoms. The average molecular weight is 128 g/mol. The molecule has 5 heteroatoms. The Morgan fingerprint density at radius 2 is 1.83 bits per heavy atom. The molecule has 3 nitrogen and oxygen atoms in total.